The van der Waals surface area contributed by atoms with Crippen LogP contribution in [0.15, 0.2) is 30.3 Å². The van der Waals surface area contributed by atoms with Crippen LogP contribution < -0.4 is 24.2 Å². The van der Waals surface area contributed by atoms with E-state index in [4.69, 9.17) is 14.2 Å². The van der Waals surface area contributed by atoms with E-state index in [0.29, 0.717) is 5.56 Å². The van der Waals surface area contributed by atoms with Crippen LogP contribution in [0.3, 0.4) is 0 Å². The van der Waals surface area contributed by atoms with E-state index >= 15 is 0 Å². The summed E-state index contributed by atoms with van der Waals surface area (Å²) in [6.45, 7) is -0.0919. The standard InChI is InChI=1S/C18H21N3O8S/c1-27-14-9-12(15(21(23)24)17(29-3)16(14)28-2)18(22)19-10-11-7-5-6-8-13(11)20-30(4,25)26/h5-9,20H,10H2,1-4H3,(H,19,22). The van der Waals surface area contributed by atoms with Crippen molar-refractivity contribution in [3.8, 4) is 17.2 Å². The summed E-state index contributed by atoms with van der Waals surface area (Å²) in [4.78, 5) is 23.6. The second kappa shape index (κ2) is 9.31. The Morgan fingerprint density at radius 3 is 2.27 bits per heavy atom. The minimum Gasteiger partial charge on any atom is -0.493 e. The molecule has 0 aromatic heterocycles. The molecule has 2 N–H and O–H groups in total. The third-order valence-corrected chi connectivity index (χ3v) is 4.57. The summed E-state index contributed by atoms with van der Waals surface area (Å²) in [7, 11) is 0.279. The lowest BCUT2D eigenvalue weighted by Gasteiger charge is -2.15. The van der Waals surface area contributed by atoms with Crippen LogP contribution in [0.4, 0.5) is 11.4 Å². The van der Waals surface area contributed by atoms with E-state index in [2.05, 4.69) is 10.0 Å². The molecule has 0 radical (unpaired) electrons. The number of hydrogen-bond donors (Lipinski definition) is 2. The molecule has 0 saturated carbocycles. The Labute approximate surface area is 173 Å². The number of hydrogen-bond acceptors (Lipinski definition) is 8. The Balaban J connectivity index is 2.42. The van der Waals surface area contributed by atoms with Crippen LogP contribution in [-0.4, -0.2) is 46.8 Å². The van der Waals surface area contributed by atoms with Gasteiger partial charge in [0.05, 0.1) is 38.2 Å². The molecule has 0 unspecified atom stereocenters. The molecule has 0 atom stereocenters. The number of ether oxygens (including phenoxy) is 3. The van der Waals surface area contributed by atoms with Gasteiger partial charge in [0.1, 0.15) is 5.56 Å². The van der Waals surface area contributed by atoms with Crippen LogP contribution in [0.5, 0.6) is 17.2 Å². The number of nitrogens with zero attached hydrogens (tertiary/aromatic N) is 1. The third kappa shape index (κ3) is 5.08. The molecular formula is C18H21N3O8S. The minimum atomic E-state index is -3.53. The Morgan fingerprint density at radius 2 is 1.73 bits per heavy atom. The first-order valence-corrected chi connectivity index (χ1v) is 10.3. The number of benzene rings is 2. The fraction of sp³-hybridized carbons (Fsp3) is 0.278. The fourth-order valence-electron chi connectivity index (χ4n) is 2.74. The van der Waals surface area contributed by atoms with Crippen molar-refractivity contribution in [1.29, 1.82) is 0 Å². The zero-order valence-corrected chi connectivity index (χ0v) is 17.5. The molecule has 0 aliphatic rings. The minimum absolute atomic E-state index is 0.0223. The van der Waals surface area contributed by atoms with Gasteiger partial charge in [0, 0.05) is 12.6 Å². The lowest BCUT2D eigenvalue weighted by Crippen LogP contribution is -2.25. The lowest BCUT2D eigenvalue weighted by molar-refractivity contribution is -0.386. The van der Waals surface area contributed by atoms with Gasteiger partial charge in [-0.2, -0.15) is 0 Å². The number of para-hydroxylation sites is 1. The van der Waals surface area contributed by atoms with Gasteiger partial charge in [-0.1, -0.05) is 18.2 Å². The van der Waals surface area contributed by atoms with E-state index in [1.807, 2.05) is 0 Å². The van der Waals surface area contributed by atoms with Crippen molar-refractivity contribution in [3.63, 3.8) is 0 Å². The maximum atomic E-state index is 12.8. The summed E-state index contributed by atoms with van der Waals surface area (Å²) in [5, 5.41) is 14.2. The summed E-state index contributed by atoms with van der Waals surface area (Å²) in [6.07, 6.45) is 1.00. The molecule has 2 aromatic rings. The molecule has 0 spiro atoms. The van der Waals surface area contributed by atoms with Gasteiger partial charge in [-0.15, -0.1) is 0 Å². The number of rotatable bonds is 9. The smallest absolute Gasteiger partial charge is 0.327 e. The molecule has 1 amide bonds. The van der Waals surface area contributed by atoms with Crippen molar-refractivity contribution in [2.45, 2.75) is 6.54 Å². The van der Waals surface area contributed by atoms with E-state index < -0.39 is 26.5 Å². The molecule has 2 rings (SSSR count). The van der Waals surface area contributed by atoms with Crippen molar-refractivity contribution in [1.82, 2.24) is 5.32 Å². The molecule has 12 heteroatoms. The molecular weight excluding hydrogens is 418 g/mol. The van der Waals surface area contributed by atoms with Crippen molar-refractivity contribution >= 4 is 27.3 Å². The highest BCUT2D eigenvalue weighted by Crippen LogP contribution is 2.46. The number of nitro benzene ring substituents is 1. The van der Waals surface area contributed by atoms with Gasteiger partial charge in [-0.3, -0.25) is 19.6 Å². The predicted molar refractivity (Wildman–Crippen MR) is 109 cm³/mol. The van der Waals surface area contributed by atoms with Crippen molar-refractivity contribution in [3.05, 3.63) is 51.6 Å². The maximum absolute atomic E-state index is 12.8. The summed E-state index contributed by atoms with van der Waals surface area (Å²) in [5.41, 5.74) is -0.149. The normalized spacial score (nSPS) is 10.8. The average molecular weight is 439 g/mol. The van der Waals surface area contributed by atoms with E-state index in [9.17, 15) is 23.3 Å². The van der Waals surface area contributed by atoms with Gasteiger partial charge in [-0.25, -0.2) is 8.42 Å². The van der Waals surface area contributed by atoms with E-state index in [1.165, 1.54) is 33.5 Å². The first kappa shape index (κ1) is 22.7. The summed E-state index contributed by atoms with van der Waals surface area (Å²) < 4.78 is 40.8. The van der Waals surface area contributed by atoms with Gasteiger partial charge in [-0.05, 0) is 11.6 Å². The van der Waals surface area contributed by atoms with Crippen LogP contribution in [0.25, 0.3) is 0 Å². The summed E-state index contributed by atoms with van der Waals surface area (Å²) >= 11 is 0. The van der Waals surface area contributed by atoms with E-state index in [1.54, 1.807) is 18.2 Å². The largest absolute Gasteiger partial charge is 0.493 e. The quantitative estimate of drug-likeness (QED) is 0.445. The number of nitro groups is 1. The Bertz CT molecular complexity index is 1070. The highest BCUT2D eigenvalue weighted by molar-refractivity contribution is 7.92. The number of carbonyl (C=O) groups is 1. The highest BCUT2D eigenvalue weighted by atomic mass is 32.2. The maximum Gasteiger partial charge on any atom is 0.327 e. The zero-order valence-electron chi connectivity index (χ0n) is 16.7. The number of carbonyl (C=O) groups excluding carboxylic acids is 1. The van der Waals surface area contributed by atoms with Crippen molar-refractivity contribution in [2.75, 3.05) is 32.3 Å². The Kier molecular flexibility index (Phi) is 7.06. The molecule has 0 aliphatic carbocycles. The van der Waals surface area contributed by atoms with Gasteiger partial charge in [0.25, 0.3) is 5.91 Å². The molecule has 0 heterocycles. The molecule has 0 bridgehead atoms. The third-order valence-electron chi connectivity index (χ3n) is 3.98. The molecule has 162 valence electrons. The first-order chi connectivity index (χ1) is 14.1. The highest BCUT2D eigenvalue weighted by Gasteiger charge is 2.32. The van der Waals surface area contributed by atoms with Crippen LogP contribution in [0, 0.1) is 10.1 Å². The number of amides is 1. The summed E-state index contributed by atoms with van der Waals surface area (Å²) in [5.74, 6) is -0.989. The van der Waals surface area contributed by atoms with Crippen LogP contribution in [0.1, 0.15) is 15.9 Å². The molecule has 30 heavy (non-hydrogen) atoms. The van der Waals surface area contributed by atoms with Gasteiger partial charge in [0.2, 0.25) is 21.5 Å². The SMILES string of the molecule is COc1cc(C(=O)NCc2ccccc2NS(C)(=O)=O)c([N+](=O)[O-])c(OC)c1OC. The van der Waals surface area contributed by atoms with E-state index in [0.717, 1.165) is 6.26 Å². The monoisotopic (exact) mass is 439 g/mol. The van der Waals surface area contributed by atoms with Crippen LogP contribution in [-0.2, 0) is 16.6 Å². The number of anilines is 1. The van der Waals surface area contributed by atoms with Gasteiger partial charge >= 0.3 is 5.69 Å². The van der Waals surface area contributed by atoms with Crippen molar-refractivity contribution in [2.24, 2.45) is 0 Å². The Hall–Kier alpha value is -3.54. The number of methoxy groups -OCH3 is 3. The predicted octanol–water partition coefficient (Wildman–Crippen LogP) is 1.92. The zero-order chi connectivity index (χ0) is 22.5. The van der Waals surface area contributed by atoms with Gasteiger partial charge < -0.3 is 19.5 Å². The van der Waals surface area contributed by atoms with Crippen molar-refractivity contribution < 1.29 is 32.3 Å². The summed E-state index contributed by atoms with van der Waals surface area (Å²) in [6, 6.07) is 7.61. The number of sulfonamides is 1. The van der Waals surface area contributed by atoms with Crippen LogP contribution >= 0.6 is 0 Å². The Morgan fingerprint density at radius 1 is 1.10 bits per heavy atom. The van der Waals surface area contributed by atoms with E-state index in [-0.39, 0.29) is 35.0 Å². The fourth-order valence-corrected chi connectivity index (χ4v) is 3.34. The molecule has 0 fully saturated rings. The number of nitrogens with one attached hydrogen (secondary N) is 2. The molecule has 11 nitrogen and oxygen atoms in total. The first-order valence-electron chi connectivity index (χ1n) is 8.44. The average Bonchev–Trinajstić information content (AvgIpc) is 2.69. The molecule has 2 aromatic carbocycles. The topological polar surface area (TPSA) is 146 Å². The lowest BCUT2D eigenvalue weighted by atomic mass is 10.1. The van der Waals surface area contributed by atoms with Gasteiger partial charge in [0.15, 0.2) is 5.75 Å². The molecule has 0 saturated heterocycles. The second-order valence-electron chi connectivity index (χ2n) is 6.01. The molecule has 0 aliphatic heterocycles. The van der Waals surface area contributed by atoms with Crippen LogP contribution in [0.2, 0.25) is 0 Å². The second-order valence-corrected chi connectivity index (χ2v) is 7.76.